The number of halogens is 6. The minimum absolute atomic E-state index is 2.35. The highest BCUT2D eigenvalue weighted by Crippen LogP contribution is 2.57. The van der Waals surface area contributed by atoms with Gasteiger partial charge in [0.1, 0.15) is 5.57 Å². The van der Waals surface area contributed by atoms with Crippen molar-refractivity contribution in [2.45, 2.75) is 12.1 Å². The molecule has 0 saturated heterocycles. The second-order valence-electron chi connectivity index (χ2n) is 1.76. The van der Waals surface area contributed by atoms with Gasteiger partial charge in [-0.2, -0.15) is 22.0 Å². The van der Waals surface area contributed by atoms with E-state index in [2.05, 4.69) is 0 Å². The summed E-state index contributed by atoms with van der Waals surface area (Å²) in [5.74, 6) is -6.71. The highest BCUT2D eigenvalue weighted by Gasteiger charge is 2.69. The molecule has 0 heterocycles. The standard InChI is InChI=1S/C4F6/c5-2-1(3(2,6)7)4(8,9)10. The van der Waals surface area contributed by atoms with Crippen molar-refractivity contribution in [2.75, 3.05) is 0 Å². The van der Waals surface area contributed by atoms with Crippen molar-refractivity contribution in [3.05, 3.63) is 11.4 Å². The van der Waals surface area contributed by atoms with Crippen LogP contribution >= 0.6 is 0 Å². The maximum absolute atomic E-state index is 11.5. The molecule has 10 heavy (non-hydrogen) atoms. The molecular weight excluding hydrogens is 162 g/mol. The summed E-state index contributed by atoms with van der Waals surface area (Å²) in [6.07, 6.45) is -5.23. The second-order valence-corrected chi connectivity index (χ2v) is 1.76. The van der Waals surface area contributed by atoms with Gasteiger partial charge in [-0.05, 0) is 0 Å². The van der Waals surface area contributed by atoms with Crippen LogP contribution in [0.2, 0.25) is 0 Å². The zero-order valence-electron chi connectivity index (χ0n) is 4.27. The first kappa shape index (κ1) is 7.43. The molecule has 58 valence electrons. The normalized spacial score (nSPS) is 23.4. The fourth-order valence-corrected chi connectivity index (χ4v) is 0.511. The molecule has 0 fully saturated rings. The maximum atomic E-state index is 11.5. The predicted molar refractivity (Wildman–Crippen MR) is 19.1 cm³/mol. The van der Waals surface area contributed by atoms with E-state index in [9.17, 15) is 26.3 Å². The van der Waals surface area contributed by atoms with E-state index in [0.717, 1.165) is 0 Å². The van der Waals surface area contributed by atoms with Crippen molar-refractivity contribution in [1.82, 2.24) is 0 Å². The lowest BCUT2D eigenvalue weighted by molar-refractivity contribution is -0.103. The average Bonchev–Trinajstić information content (AvgIpc) is 2.03. The van der Waals surface area contributed by atoms with E-state index in [1.54, 1.807) is 0 Å². The molecule has 0 amide bonds. The van der Waals surface area contributed by atoms with Gasteiger partial charge < -0.3 is 0 Å². The summed E-state index contributed by atoms with van der Waals surface area (Å²) in [4.78, 5) is 0. The summed E-state index contributed by atoms with van der Waals surface area (Å²) in [5.41, 5.74) is -2.35. The fraction of sp³-hybridized carbons (Fsp3) is 0.500. The average molecular weight is 162 g/mol. The number of rotatable bonds is 0. The van der Waals surface area contributed by atoms with Gasteiger partial charge in [0.25, 0.3) is 0 Å². The van der Waals surface area contributed by atoms with E-state index >= 15 is 0 Å². The molecular formula is C4F6. The number of allylic oxidation sites excluding steroid dienone is 2. The molecule has 1 aliphatic carbocycles. The molecule has 0 unspecified atom stereocenters. The molecule has 0 aliphatic heterocycles. The topological polar surface area (TPSA) is 0 Å². The largest absolute Gasteiger partial charge is 0.421 e. The Hall–Kier alpha value is -0.680. The van der Waals surface area contributed by atoms with Crippen molar-refractivity contribution in [2.24, 2.45) is 0 Å². The van der Waals surface area contributed by atoms with Gasteiger partial charge in [-0.3, -0.25) is 0 Å². The summed E-state index contributed by atoms with van der Waals surface area (Å²) >= 11 is 0. The second kappa shape index (κ2) is 1.49. The predicted octanol–water partition coefficient (Wildman–Crippen LogP) is 2.42. The Kier molecular flexibility index (Phi) is 1.10. The smallest absolute Gasteiger partial charge is 0.204 e. The Balaban J connectivity index is 2.82. The minimum Gasteiger partial charge on any atom is -0.204 e. The zero-order chi connectivity index (χ0) is 8.15. The third-order valence-corrected chi connectivity index (χ3v) is 1.03. The highest BCUT2D eigenvalue weighted by molar-refractivity contribution is 5.47. The Morgan fingerprint density at radius 1 is 1.10 bits per heavy atom. The van der Waals surface area contributed by atoms with Crippen LogP contribution in [-0.2, 0) is 0 Å². The molecule has 0 bridgehead atoms. The molecule has 0 aromatic heterocycles. The van der Waals surface area contributed by atoms with Gasteiger partial charge in [-0.1, -0.05) is 0 Å². The zero-order valence-corrected chi connectivity index (χ0v) is 4.27. The van der Waals surface area contributed by atoms with Crippen LogP contribution in [0, 0.1) is 0 Å². The first-order valence-electron chi connectivity index (χ1n) is 2.13. The molecule has 0 aromatic rings. The van der Waals surface area contributed by atoms with Crippen LogP contribution in [0.4, 0.5) is 26.3 Å². The fourth-order valence-electron chi connectivity index (χ4n) is 0.511. The van der Waals surface area contributed by atoms with E-state index in [1.165, 1.54) is 0 Å². The van der Waals surface area contributed by atoms with E-state index in [0.29, 0.717) is 0 Å². The van der Waals surface area contributed by atoms with E-state index in [4.69, 9.17) is 0 Å². The van der Waals surface area contributed by atoms with Crippen LogP contribution in [-0.4, -0.2) is 12.1 Å². The van der Waals surface area contributed by atoms with Crippen LogP contribution in [0.3, 0.4) is 0 Å². The third-order valence-electron chi connectivity index (χ3n) is 1.03. The van der Waals surface area contributed by atoms with Crippen LogP contribution in [0.5, 0.6) is 0 Å². The molecule has 1 rings (SSSR count). The van der Waals surface area contributed by atoms with Crippen molar-refractivity contribution in [3.8, 4) is 0 Å². The molecule has 0 spiro atoms. The van der Waals surface area contributed by atoms with Crippen LogP contribution in [0.1, 0.15) is 0 Å². The van der Waals surface area contributed by atoms with Gasteiger partial charge in [-0.25, -0.2) is 4.39 Å². The van der Waals surface area contributed by atoms with Gasteiger partial charge in [0.2, 0.25) is 0 Å². The van der Waals surface area contributed by atoms with E-state index in [1.807, 2.05) is 0 Å². The van der Waals surface area contributed by atoms with Gasteiger partial charge >= 0.3 is 12.1 Å². The van der Waals surface area contributed by atoms with Crippen molar-refractivity contribution in [1.29, 1.82) is 0 Å². The van der Waals surface area contributed by atoms with Gasteiger partial charge in [0.15, 0.2) is 5.83 Å². The minimum atomic E-state index is -5.23. The third kappa shape index (κ3) is 0.783. The molecule has 0 nitrogen and oxygen atoms in total. The Morgan fingerprint density at radius 3 is 1.40 bits per heavy atom. The maximum Gasteiger partial charge on any atom is 0.421 e. The van der Waals surface area contributed by atoms with Crippen LogP contribution in [0.25, 0.3) is 0 Å². The van der Waals surface area contributed by atoms with E-state index < -0.39 is 23.5 Å². The molecule has 0 radical (unpaired) electrons. The Labute approximate surface area is 51.1 Å². The molecule has 1 aliphatic rings. The number of hydrogen-bond donors (Lipinski definition) is 0. The van der Waals surface area contributed by atoms with Crippen LogP contribution in [0.15, 0.2) is 11.4 Å². The summed E-state index contributed by atoms with van der Waals surface area (Å²) in [6.45, 7) is 0. The van der Waals surface area contributed by atoms with E-state index in [-0.39, 0.29) is 0 Å². The lowest BCUT2D eigenvalue weighted by Gasteiger charge is -1.99. The molecule has 0 atom stereocenters. The van der Waals surface area contributed by atoms with Crippen molar-refractivity contribution < 1.29 is 26.3 Å². The monoisotopic (exact) mass is 162 g/mol. The molecule has 0 aromatic carbocycles. The first-order chi connectivity index (χ1) is 4.28. The lowest BCUT2D eigenvalue weighted by Crippen LogP contribution is -2.12. The highest BCUT2D eigenvalue weighted by atomic mass is 19.4. The molecule has 6 heteroatoms. The van der Waals surface area contributed by atoms with Gasteiger partial charge in [0.05, 0.1) is 0 Å². The quantitative estimate of drug-likeness (QED) is 0.480. The number of alkyl halides is 5. The first-order valence-corrected chi connectivity index (χ1v) is 2.13. The molecule has 0 saturated carbocycles. The van der Waals surface area contributed by atoms with Crippen molar-refractivity contribution >= 4 is 0 Å². The summed E-state index contributed by atoms with van der Waals surface area (Å²) in [5, 5.41) is 0. The summed E-state index contributed by atoms with van der Waals surface area (Å²) in [6, 6.07) is 0. The number of hydrogen-bond acceptors (Lipinski definition) is 0. The summed E-state index contributed by atoms with van der Waals surface area (Å²) in [7, 11) is 0. The molecule has 0 N–H and O–H groups in total. The van der Waals surface area contributed by atoms with Crippen LogP contribution < -0.4 is 0 Å². The van der Waals surface area contributed by atoms with Gasteiger partial charge in [0, 0.05) is 0 Å². The van der Waals surface area contributed by atoms with Crippen molar-refractivity contribution in [3.63, 3.8) is 0 Å². The SMILES string of the molecule is FC1=C(C(F)(F)F)C1(F)F. The van der Waals surface area contributed by atoms with Gasteiger partial charge in [-0.15, -0.1) is 0 Å². The Bertz CT molecular complexity index is 196. The lowest BCUT2D eigenvalue weighted by atomic mass is 10.4. The summed E-state index contributed by atoms with van der Waals surface area (Å²) < 4.78 is 68.1. The Morgan fingerprint density at radius 2 is 1.40 bits per heavy atom.